The summed E-state index contributed by atoms with van der Waals surface area (Å²) in [7, 11) is 0. The van der Waals surface area contributed by atoms with E-state index < -0.39 is 34.5 Å². The van der Waals surface area contributed by atoms with Gasteiger partial charge in [-0.1, -0.05) is 19.1 Å². The number of hydrogen-bond donors (Lipinski definition) is 1. The van der Waals surface area contributed by atoms with Crippen molar-refractivity contribution in [2.24, 2.45) is 11.8 Å². The maximum absolute atomic E-state index is 13.6. The summed E-state index contributed by atoms with van der Waals surface area (Å²) in [6.07, 6.45) is 0.418. The molecule has 3 rings (SSSR count). The quantitative estimate of drug-likeness (QED) is 0.308. The average molecular weight is 442 g/mol. The molecule has 1 N–H and O–H groups in total. The largest absolute Gasteiger partial charge is 0.465 e. The van der Waals surface area contributed by atoms with Crippen LogP contribution in [0.25, 0.3) is 0 Å². The van der Waals surface area contributed by atoms with Crippen molar-refractivity contribution in [1.29, 1.82) is 0 Å². The number of rotatable bonds is 6. The monoisotopic (exact) mass is 442 g/mol. The Hall–Kier alpha value is -3.49. The second-order valence-electron chi connectivity index (χ2n) is 7.83. The number of Topliss-reactive ketones (excluding diaryl/α,β-unsaturated/α-hetero) is 1. The number of esters is 2. The van der Waals surface area contributed by atoms with Crippen molar-refractivity contribution in [1.82, 2.24) is 5.32 Å². The molecule has 1 aromatic rings. The molecule has 32 heavy (non-hydrogen) atoms. The molecule has 170 valence electrons. The average Bonchev–Trinajstić information content (AvgIpc) is 2.73. The van der Waals surface area contributed by atoms with Crippen molar-refractivity contribution in [3.05, 3.63) is 62.5 Å². The summed E-state index contributed by atoms with van der Waals surface area (Å²) >= 11 is 0. The first-order valence-electron chi connectivity index (χ1n) is 10.5. The lowest BCUT2D eigenvalue weighted by molar-refractivity contribution is -0.384. The molecule has 3 unspecified atom stereocenters. The number of carbonyl (C=O) groups is 3. The van der Waals surface area contributed by atoms with Gasteiger partial charge in [0.25, 0.3) is 5.69 Å². The fourth-order valence-corrected chi connectivity index (χ4v) is 4.39. The summed E-state index contributed by atoms with van der Waals surface area (Å²) < 4.78 is 10.4. The van der Waals surface area contributed by atoms with E-state index in [1.165, 1.54) is 24.3 Å². The van der Waals surface area contributed by atoms with Crippen molar-refractivity contribution in [3.8, 4) is 0 Å². The number of ether oxygens (including phenoxy) is 2. The number of nitro benzene ring substituents is 1. The molecular weight excluding hydrogens is 416 g/mol. The van der Waals surface area contributed by atoms with E-state index in [1.54, 1.807) is 20.8 Å². The first kappa shape index (κ1) is 23.2. The summed E-state index contributed by atoms with van der Waals surface area (Å²) in [5.41, 5.74) is 2.13. The predicted octanol–water partition coefficient (Wildman–Crippen LogP) is 3.16. The lowest BCUT2D eigenvalue weighted by Crippen LogP contribution is -2.43. The molecule has 1 aliphatic heterocycles. The van der Waals surface area contributed by atoms with Gasteiger partial charge in [-0.2, -0.15) is 0 Å². The van der Waals surface area contributed by atoms with Gasteiger partial charge in [-0.15, -0.1) is 0 Å². The maximum atomic E-state index is 13.6. The van der Waals surface area contributed by atoms with Crippen molar-refractivity contribution in [2.45, 2.75) is 40.0 Å². The smallest absolute Gasteiger partial charge is 0.336 e. The number of ketones is 1. The molecule has 0 aromatic heterocycles. The lowest BCUT2D eigenvalue weighted by atomic mass is 9.69. The second kappa shape index (κ2) is 9.33. The minimum atomic E-state index is -0.988. The molecule has 2 aliphatic rings. The molecule has 9 heteroatoms. The van der Waals surface area contributed by atoms with E-state index in [9.17, 15) is 24.5 Å². The normalized spacial score (nSPS) is 22.8. The third-order valence-corrected chi connectivity index (χ3v) is 5.76. The lowest BCUT2D eigenvalue weighted by Gasteiger charge is -2.38. The van der Waals surface area contributed by atoms with Crippen LogP contribution in [-0.2, 0) is 23.9 Å². The Morgan fingerprint density at radius 2 is 1.78 bits per heavy atom. The van der Waals surface area contributed by atoms with E-state index in [2.05, 4.69) is 5.32 Å². The van der Waals surface area contributed by atoms with Crippen LogP contribution in [0.15, 0.2) is 46.8 Å². The van der Waals surface area contributed by atoms with E-state index in [4.69, 9.17) is 9.47 Å². The second-order valence-corrected chi connectivity index (χ2v) is 7.83. The zero-order chi connectivity index (χ0) is 23.6. The van der Waals surface area contributed by atoms with Crippen LogP contribution in [0, 0.1) is 22.0 Å². The number of benzene rings is 1. The molecule has 0 saturated heterocycles. The Kier molecular flexibility index (Phi) is 6.76. The number of nitro groups is 1. The Labute approximate surface area is 185 Å². The number of allylic oxidation sites excluding steroid dienone is 3. The van der Waals surface area contributed by atoms with Gasteiger partial charge in [0.2, 0.25) is 0 Å². The third-order valence-electron chi connectivity index (χ3n) is 5.76. The van der Waals surface area contributed by atoms with E-state index in [0.29, 0.717) is 29.0 Å². The van der Waals surface area contributed by atoms with Gasteiger partial charge in [0.1, 0.15) is 5.92 Å². The highest BCUT2D eigenvalue weighted by Crippen LogP contribution is 2.45. The highest BCUT2D eigenvalue weighted by molar-refractivity contribution is 6.12. The van der Waals surface area contributed by atoms with Gasteiger partial charge in [-0.05, 0) is 38.7 Å². The predicted molar refractivity (Wildman–Crippen MR) is 114 cm³/mol. The highest BCUT2D eigenvalue weighted by Gasteiger charge is 2.47. The van der Waals surface area contributed by atoms with Crippen LogP contribution in [-0.4, -0.2) is 35.9 Å². The molecule has 0 fully saturated rings. The van der Waals surface area contributed by atoms with Gasteiger partial charge >= 0.3 is 11.9 Å². The molecule has 1 aromatic carbocycles. The zero-order valence-corrected chi connectivity index (χ0v) is 18.5. The number of non-ortho nitro benzene ring substituents is 1. The van der Waals surface area contributed by atoms with Crippen LogP contribution in [0.5, 0.6) is 0 Å². The molecule has 0 amide bonds. The number of nitrogens with one attached hydrogen (secondary N) is 1. The fraction of sp³-hybridized carbons (Fsp3) is 0.435. The number of nitrogens with zero attached hydrogens (tertiary/aromatic N) is 1. The molecule has 0 radical (unpaired) electrons. The first-order chi connectivity index (χ1) is 15.2. The molecule has 9 nitrogen and oxygen atoms in total. The summed E-state index contributed by atoms with van der Waals surface area (Å²) in [5, 5.41) is 14.3. The summed E-state index contributed by atoms with van der Waals surface area (Å²) in [6, 6.07) is 5.70. The van der Waals surface area contributed by atoms with E-state index in [-0.39, 0.29) is 30.4 Å². The van der Waals surface area contributed by atoms with Crippen molar-refractivity contribution in [3.63, 3.8) is 0 Å². The molecule has 1 aliphatic carbocycles. The Bertz CT molecular complexity index is 1020. The van der Waals surface area contributed by atoms with Crippen molar-refractivity contribution < 1.29 is 28.8 Å². The first-order valence-corrected chi connectivity index (χ1v) is 10.5. The number of hydrogen-bond acceptors (Lipinski definition) is 8. The third kappa shape index (κ3) is 4.15. The molecule has 1 heterocycles. The van der Waals surface area contributed by atoms with Crippen molar-refractivity contribution >= 4 is 23.4 Å². The molecule has 0 spiro atoms. The van der Waals surface area contributed by atoms with Gasteiger partial charge < -0.3 is 14.8 Å². The van der Waals surface area contributed by atoms with Gasteiger partial charge in [0.15, 0.2) is 5.78 Å². The van der Waals surface area contributed by atoms with Crippen LogP contribution in [0.4, 0.5) is 5.69 Å². The fourth-order valence-electron chi connectivity index (χ4n) is 4.39. The highest BCUT2D eigenvalue weighted by atomic mass is 16.6. The van der Waals surface area contributed by atoms with Crippen molar-refractivity contribution in [2.75, 3.05) is 13.2 Å². The zero-order valence-electron chi connectivity index (χ0n) is 18.5. The minimum Gasteiger partial charge on any atom is -0.465 e. The van der Waals surface area contributed by atoms with E-state index in [0.717, 1.165) is 0 Å². The van der Waals surface area contributed by atoms with Gasteiger partial charge in [0, 0.05) is 35.0 Å². The SMILES string of the molecule is CCOC(=O)C1=C(C)NC2=C(C(=O)C(C(=O)OCC)C(C)C2)C1c1ccc([N+](=O)[O-])cc1. The van der Waals surface area contributed by atoms with Crippen LogP contribution in [0.1, 0.15) is 45.6 Å². The van der Waals surface area contributed by atoms with Crippen LogP contribution in [0.3, 0.4) is 0 Å². The summed E-state index contributed by atoms with van der Waals surface area (Å²) in [6.45, 7) is 7.18. The van der Waals surface area contributed by atoms with Crippen LogP contribution in [0.2, 0.25) is 0 Å². The Morgan fingerprint density at radius 3 is 2.34 bits per heavy atom. The van der Waals surface area contributed by atoms with Gasteiger partial charge in [-0.3, -0.25) is 19.7 Å². The topological polar surface area (TPSA) is 125 Å². The Balaban J connectivity index is 2.16. The van der Waals surface area contributed by atoms with Crippen LogP contribution >= 0.6 is 0 Å². The summed E-state index contributed by atoms with van der Waals surface area (Å²) in [4.78, 5) is 49.6. The van der Waals surface area contributed by atoms with Crippen LogP contribution < -0.4 is 5.32 Å². The number of dihydropyridines is 1. The minimum absolute atomic E-state index is 0.108. The molecule has 0 saturated carbocycles. The molecule has 0 bridgehead atoms. The molecular formula is C23H26N2O7. The maximum Gasteiger partial charge on any atom is 0.336 e. The summed E-state index contributed by atoms with van der Waals surface area (Å²) in [5.74, 6) is -3.69. The van der Waals surface area contributed by atoms with E-state index in [1.807, 2.05) is 6.92 Å². The van der Waals surface area contributed by atoms with E-state index >= 15 is 0 Å². The standard InChI is InChI=1S/C23H26N2O7/c1-5-31-22(27)17-12(3)11-16-20(21(17)26)19(14-7-9-15(10-8-14)25(29)30)18(13(4)24-16)23(28)32-6-2/h7-10,12,17,19,24H,5-6,11H2,1-4H3. The Morgan fingerprint density at radius 1 is 1.16 bits per heavy atom. The number of carbonyl (C=O) groups excluding carboxylic acids is 3. The van der Waals surface area contributed by atoms with Gasteiger partial charge in [-0.25, -0.2) is 4.79 Å². The van der Waals surface area contributed by atoms with Gasteiger partial charge in [0.05, 0.1) is 23.7 Å². The molecule has 3 atom stereocenters.